The molecule has 0 bridgehead atoms. The van der Waals surface area contributed by atoms with E-state index in [0.29, 0.717) is 5.56 Å². The van der Waals surface area contributed by atoms with Gasteiger partial charge in [0.05, 0.1) is 0 Å². The van der Waals surface area contributed by atoms with Crippen LogP contribution in [0, 0.1) is 11.7 Å². The molecule has 94 valence electrons. The lowest BCUT2D eigenvalue weighted by Gasteiger charge is -2.30. The van der Waals surface area contributed by atoms with Crippen molar-refractivity contribution in [3.63, 3.8) is 0 Å². The fourth-order valence-electron chi connectivity index (χ4n) is 2.57. The number of halogens is 2. The highest BCUT2D eigenvalue weighted by atomic mass is 19.1. The number of alkyl halides is 1. The van der Waals surface area contributed by atoms with Crippen LogP contribution in [0.15, 0.2) is 24.3 Å². The van der Waals surface area contributed by atoms with Gasteiger partial charge in [0.1, 0.15) is 11.5 Å². The van der Waals surface area contributed by atoms with Gasteiger partial charge in [-0.15, -0.1) is 0 Å². The topological polar surface area (TPSA) is 12.0 Å². The van der Waals surface area contributed by atoms with Crippen molar-refractivity contribution in [1.29, 1.82) is 0 Å². The van der Waals surface area contributed by atoms with Crippen molar-refractivity contribution >= 4 is 0 Å². The van der Waals surface area contributed by atoms with Crippen LogP contribution in [0.4, 0.5) is 8.78 Å². The lowest BCUT2D eigenvalue weighted by atomic mass is 9.80. The van der Waals surface area contributed by atoms with Crippen molar-refractivity contribution in [3.05, 3.63) is 35.6 Å². The van der Waals surface area contributed by atoms with Crippen molar-refractivity contribution in [2.24, 2.45) is 5.92 Å². The lowest BCUT2D eigenvalue weighted by molar-refractivity contribution is 0.0909. The van der Waals surface area contributed by atoms with Gasteiger partial charge in [0.25, 0.3) is 0 Å². The van der Waals surface area contributed by atoms with E-state index in [-0.39, 0.29) is 11.7 Å². The Morgan fingerprint density at radius 2 is 1.88 bits per heavy atom. The standard InChI is InChI=1S/C14H19F2N/c1-14(16,11-3-2-9-17-10-8-11)12-4-6-13(15)7-5-12/h4-7,11,17H,2-3,8-10H2,1H3. The van der Waals surface area contributed by atoms with Crippen LogP contribution in [0.25, 0.3) is 0 Å². The molecular formula is C14H19F2N. The number of rotatable bonds is 2. The molecule has 0 radical (unpaired) electrons. The molecule has 0 aromatic heterocycles. The molecule has 2 unspecified atom stereocenters. The molecule has 1 nitrogen and oxygen atoms in total. The Kier molecular flexibility index (Phi) is 3.77. The van der Waals surface area contributed by atoms with Gasteiger partial charge in [-0.2, -0.15) is 0 Å². The number of nitrogens with one attached hydrogen (secondary N) is 1. The summed E-state index contributed by atoms with van der Waals surface area (Å²) in [6.45, 7) is 3.46. The molecule has 2 atom stereocenters. The van der Waals surface area contributed by atoms with Crippen molar-refractivity contribution in [1.82, 2.24) is 5.32 Å². The third-order valence-corrected chi connectivity index (χ3v) is 3.75. The highest BCUT2D eigenvalue weighted by Crippen LogP contribution is 2.38. The van der Waals surface area contributed by atoms with Gasteiger partial charge in [-0.3, -0.25) is 0 Å². The third-order valence-electron chi connectivity index (χ3n) is 3.75. The molecule has 1 aromatic carbocycles. The first kappa shape index (κ1) is 12.5. The molecule has 1 aliphatic heterocycles. The van der Waals surface area contributed by atoms with E-state index in [1.807, 2.05) is 0 Å². The van der Waals surface area contributed by atoms with Crippen LogP contribution in [0.5, 0.6) is 0 Å². The zero-order chi connectivity index (χ0) is 12.3. The Labute approximate surface area is 101 Å². The Morgan fingerprint density at radius 3 is 2.59 bits per heavy atom. The smallest absolute Gasteiger partial charge is 0.136 e. The molecule has 1 aromatic rings. The predicted molar refractivity (Wildman–Crippen MR) is 65.1 cm³/mol. The Morgan fingerprint density at radius 1 is 1.18 bits per heavy atom. The molecule has 1 fully saturated rings. The Balaban J connectivity index is 2.18. The van der Waals surface area contributed by atoms with Gasteiger partial charge in [0.2, 0.25) is 0 Å². The Hall–Kier alpha value is -0.960. The summed E-state index contributed by atoms with van der Waals surface area (Å²) in [4.78, 5) is 0. The zero-order valence-electron chi connectivity index (χ0n) is 10.2. The Bertz CT molecular complexity index is 351. The van der Waals surface area contributed by atoms with E-state index in [2.05, 4.69) is 5.32 Å². The van der Waals surface area contributed by atoms with Gasteiger partial charge < -0.3 is 5.32 Å². The average molecular weight is 239 g/mol. The van der Waals surface area contributed by atoms with E-state index in [0.717, 1.165) is 32.4 Å². The minimum Gasteiger partial charge on any atom is -0.317 e. The second kappa shape index (κ2) is 5.13. The molecule has 0 amide bonds. The first-order valence-corrected chi connectivity index (χ1v) is 6.26. The molecule has 17 heavy (non-hydrogen) atoms. The molecule has 1 N–H and O–H groups in total. The van der Waals surface area contributed by atoms with Crippen LogP contribution in [0.1, 0.15) is 31.7 Å². The van der Waals surface area contributed by atoms with Crippen LogP contribution in [0.3, 0.4) is 0 Å². The maximum atomic E-state index is 14.9. The van der Waals surface area contributed by atoms with Gasteiger partial charge in [-0.05, 0) is 62.9 Å². The minimum absolute atomic E-state index is 0.0166. The molecule has 0 saturated carbocycles. The molecule has 3 heteroatoms. The third kappa shape index (κ3) is 2.83. The number of hydrogen-bond acceptors (Lipinski definition) is 1. The maximum absolute atomic E-state index is 14.9. The van der Waals surface area contributed by atoms with Gasteiger partial charge in [0.15, 0.2) is 0 Å². The molecular weight excluding hydrogens is 220 g/mol. The molecule has 0 aliphatic carbocycles. The highest BCUT2D eigenvalue weighted by molar-refractivity contribution is 5.23. The monoisotopic (exact) mass is 239 g/mol. The summed E-state index contributed by atoms with van der Waals surface area (Å²) >= 11 is 0. The highest BCUT2D eigenvalue weighted by Gasteiger charge is 2.35. The summed E-state index contributed by atoms with van der Waals surface area (Å²) < 4.78 is 27.7. The van der Waals surface area contributed by atoms with Crippen LogP contribution in [-0.4, -0.2) is 13.1 Å². The minimum atomic E-state index is -1.36. The number of benzene rings is 1. The van der Waals surface area contributed by atoms with Gasteiger partial charge in [-0.25, -0.2) is 8.78 Å². The van der Waals surface area contributed by atoms with Crippen molar-refractivity contribution in [3.8, 4) is 0 Å². The van der Waals surface area contributed by atoms with Crippen molar-refractivity contribution < 1.29 is 8.78 Å². The van der Waals surface area contributed by atoms with E-state index in [1.165, 1.54) is 12.1 Å². The zero-order valence-corrected chi connectivity index (χ0v) is 10.2. The van der Waals surface area contributed by atoms with E-state index < -0.39 is 5.67 Å². The molecule has 0 spiro atoms. The summed E-state index contributed by atoms with van der Waals surface area (Å²) in [7, 11) is 0. The fourth-order valence-corrected chi connectivity index (χ4v) is 2.57. The first-order chi connectivity index (χ1) is 8.10. The van der Waals surface area contributed by atoms with Gasteiger partial charge in [-0.1, -0.05) is 12.1 Å². The summed E-state index contributed by atoms with van der Waals surface area (Å²) in [5.74, 6) is -0.296. The van der Waals surface area contributed by atoms with E-state index in [9.17, 15) is 8.78 Å². The largest absolute Gasteiger partial charge is 0.317 e. The summed E-state index contributed by atoms with van der Waals surface area (Å²) in [6, 6.07) is 5.80. The average Bonchev–Trinajstić information content (AvgIpc) is 2.58. The second-order valence-corrected chi connectivity index (χ2v) is 4.96. The van der Waals surface area contributed by atoms with Crippen molar-refractivity contribution in [2.45, 2.75) is 31.9 Å². The SMILES string of the molecule is CC(F)(c1ccc(F)cc1)C1CCCNCC1. The van der Waals surface area contributed by atoms with Gasteiger partial charge in [0, 0.05) is 0 Å². The van der Waals surface area contributed by atoms with Crippen LogP contribution < -0.4 is 5.32 Å². The quantitative estimate of drug-likeness (QED) is 0.834. The second-order valence-electron chi connectivity index (χ2n) is 4.96. The normalized spacial score (nSPS) is 25.0. The maximum Gasteiger partial charge on any atom is 0.136 e. The fraction of sp³-hybridized carbons (Fsp3) is 0.571. The predicted octanol–water partition coefficient (Wildman–Crippen LogP) is 3.40. The first-order valence-electron chi connectivity index (χ1n) is 6.26. The van der Waals surface area contributed by atoms with Crippen LogP contribution in [-0.2, 0) is 5.67 Å². The van der Waals surface area contributed by atoms with Crippen LogP contribution in [0.2, 0.25) is 0 Å². The van der Waals surface area contributed by atoms with Gasteiger partial charge >= 0.3 is 0 Å². The van der Waals surface area contributed by atoms with Crippen molar-refractivity contribution in [2.75, 3.05) is 13.1 Å². The van der Waals surface area contributed by atoms with E-state index >= 15 is 0 Å². The molecule has 1 heterocycles. The van der Waals surface area contributed by atoms with E-state index in [4.69, 9.17) is 0 Å². The summed E-state index contributed by atoms with van der Waals surface area (Å²) in [5, 5.41) is 3.28. The molecule has 1 aliphatic rings. The van der Waals surface area contributed by atoms with E-state index in [1.54, 1.807) is 19.1 Å². The van der Waals surface area contributed by atoms with Crippen LogP contribution >= 0.6 is 0 Å². The lowest BCUT2D eigenvalue weighted by Crippen LogP contribution is -2.28. The molecule has 2 rings (SSSR count). The summed E-state index contributed by atoms with van der Waals surface area (Å²) in [5.41, 5.74) is -0.773. The number of hydrogen-bond donors (Lipinski definition) is 1. The molecule has 1 saturated heterocycles. The summed E-state index contributed by atoms with van der Waals surface area (Å²) in [6.07, 6.45) is 2.73.